The van der Waals surface area contributed by atoms with Crippen LogP contribution in [-0.4, -0.2) is 186 Å². The van der Waals surface area contributed by atoms with Gasteiger partial charge in [0.2, 0.25) is 5.78 Å². The Morgan fingerprint density at radius 3 is 1.31 bits per heavy atom. The molecule has 1 saturated carbocycles. The van der Waals surface area contributed by atoms with Gasteiger partial charge in [0.05, 0.1) is 106 Å². The van der Waals surface area contributed by atoms with E-state index in [9.17, 15) is 19.2 Å². The van der Waals surface area contributed by atoms with E-state index in [1.165, 1.54) is 52.0 Å². The summed E-state index contributed by atoms with van der Waals surface area (Å²) in [6.45, 7) is 27.4. The normalized spacial score (nSPS) is 15.5. The van der Waals surface area contributed by atoms with Gasteiger partial charge in [-0.2, -0.15) is 15.3 Å². The summed E-state index contributed by atoms with van der Waals surface area (Å²) in [7, 11) is 3.15. The smallest absolute Gasteiger partial charge is 0.259 e. The first kappa shape index (κ1) is 79.3. The highest BCUT2D eigenvalue weighted by atomic mass is 16.5. The van der Waals surface area contributed by atoms with Gasteiger partial charge >= 0.3 is 0 Å². The Bertz CT molecular complexity index is 6720. The first-order valence-corrected chi connectivity index (χ1v) is 41.1. The predicted molar refractivity (Wildman–Crippen MR) is 468 cm³/mol. The van der Waals surface area contributed by atoms with Crippen molar-refractivity contribution in [2.75, 3.05) is 73.1 Å². The molecule has 0 unspecified atom stereocenters. The van der Waals surface area contributed by atoms with Gasteiger partial charge in [-0.25, -0.2) is 38.5 Å². The van der Waals surface area contributed by atoms with Crippen molar-refractivity contribution in [1.29, 1.82) is 0 Å². The summed E-state index contributed by atoms with van der Waals surface area (Å²) >= 11 is 0. The van der Waals surface area contributed by atoms with Gasteiger partial charge < -0.3 is 14.8 Å². The number of rotatable bonds is 14. The van der Waals surface area contributed by atoms with Crippen LogP contribution in [0.3, 0.4) is 0 Å². The van der Waals surface area contributed by atoms with Crippen LogP contribution in [0, 0.1) is 41.5 Å². The Morgan fingerprint density at radius 2 is 0.883 bits per heavy atom. The Hall–Kier alpha value is -13.2. The summed E-state index contributed by atoms with van der Waals surface area (Å²) in [5.74, 6) is 1.57. The van der Waals surface area contributed by atoms with Crippen molar-refractivity contribution in [1.82, 2.24) is 106 Å². The molecule has 0 radical (unpaired) electrons. The Morgan fingerprint density at radius 1 is 0.433 bits per heavy atom. The van der Waals surface area contributed by atoms with E-state index >= 15 is 0 Å². The van der Waals surface area contributed by atoms with Crippen LogP contribution >= 0.6 is 0 Å². The second-order valence-electron chi connectivity index (χ2n) is 31.7. The zero-order valence-corrected chi connectivity index (χ0v) is 69.5. The average molecular weight is 1610 g/mol. The topological polar surface area (TPSA) is 281 Å². The molecular weight excluding hydrogens is 1510 g/mol. The molecule has 0 bridgehead atoms. The highest BCUT2D eigenvalue weighted by Crippen LogP contribution is 2.35. The first-order chi connectivity index (χ1) is 58.1. The molecule has 28 heteroatoms. The number of nitrogens with one attached hydrogen (secondary N) is 1. The van der Waals surface area contributed by atoms with Crippen molar-refractivity contribution < 1.29 is 9.47 Å². The Labute approximate surface area is 691 Å². The van der Waals surface area contributed by atoms with Crippen LogP contribution in [0.1, 0.15) is 122 Å². The molecule has 1 aliphatic carbocycles. The zero-order chi connectivity index (χ0) is 83.1. The molecule has 5 aliphatic rings. The molecule has 610 valence electrons. The van der Waals surface area contributed by atoms with E-state index in [0.29, 0.717) is 80.1 Å². The van der Waals surface area contributed by atoms with Gasteiger partial charge in [0, 0.05) is 124 Å². The quantitative estimate of drug-likeness (QED) is 0.106. The number of fused-ring (bicyclic) bond motifs is 7. The fourth-order valence-corrected chi connectivity index (χ4v) is 16.3. The Kier molecular flexibility index (Phi) is 22.3. The van der Waals surface area contributed by atoms with Gasteiger partial charge in [0.15, 0.2) is 11.5 Å². The second-order valence-corrected chi connectivity index (χ2v) is 31.7. The van der Waals surface area contributed by atoms with Crippen LogP contribution in [0.15, 0.2) is 190 Å². The number of benzene rings is 1. The van der Waals surface area contributed by atoms with E-state index < -0.39 is 0 Å². The molecule has 120 heavy (non-hydrogen) atoms. The summed E-state index contributed by atoms with van der Waals surface area (Å²) < 4.78 is 22.4. The van der Waals surface area contributed by atoms with Crippen LogP contribution in [0.2, 0.25) is 0 Å². The number of methoxy groups -OCH3 is 2. The van der Waals surface area contributed by atoms with Gasteiger partial charge in [-0.05, 0) is 225 Å². The van der Waals surface area contributed by atoms with Crippen molar-refractivity contribution in [3.8, 4) is 56.9 Å². The number of pyridine rings is 3. The van der Waals surface area contributed by atoms with Crippen molar-refractivity contribution >= 4 is 61.6 Å². The van der Waals surface area contributed by atoms with E-state index in [0.717, 1.165) is 169 Å². The summed E-state index contributed by atoms with van der Waals surface area (Å²) in [6.07, 6.45) is 31.7. The molecule has 0 amide bonds. The van der Waals surface area contributed by atoms with Crippen LogP contribution in [0.5, 0.6) is 11.5 Å². The molecule has 1 N–H and O–H groups in total. The molecule has 1 fully saturated rings. The first-order valence-electron chi connectivity index (χ1n) is 41.1. The third-order valence-electron chi connectivity index (χ3n) is 22.9. The standard InChI is InChI=1S/C24H24N6O.2C24H26N6O.C20H20N4O3/c1-15-13-30-22(16(2)25-15)11-21(27-30)20-12-24(31)29-14-18(3-6-23(29)26-20)17-7-9-28(10-8-17)19-4-5-19;1-15(2)28-9-7-18(8-10-28)19-5-6-23-26-20(12-24(31)29(23)14-19)21-11-22-17(4)25-16(3)13-30(22)27-21;1-4-9-28-10-7-18(8-11-28)19-5-6-23-26-20(13-24(31)29(23)15-19)21-12-22-17(3)25-16(2)14-30(22)27-21;1-26-17-4-3-14(9-18(17)27-2)16-10-19(25)24-12-15(11-22-20(24)23-16)13-5-7-21-8-6-13/h3,6-7,11-14,19H,4-5,8-10H2,1-2H3;5-7,11-15H,8-10H2,1-4H3;5-7,12-15H,4,8-11H2,1-3H3;3-5,9-12,21H,6-8H2,1-2H3. The van der Waals surface area contributed by atoms with E-state index in [1.807, 2.05) is 127 Å². The minimum Gasteiger partial charge on any atom is -0.493 e. The van der Waals surface area contributed by atoms with Gasteiger partial charge in [-0.15, -0.1) is 0 Å². The van der Waals surface area contributed by atoms with E-state index in [2.05, 4.69) is 124 Å². The second kappa shape index (κ2) is 33.7. The molecule has 0 spiro atoms. The largest absolute Gasteiger partial charge is 0.493 e. The van der Waals surface area contributed by atoms with Gasteiger partial charge in [0.25, 0.3) is 22.2 Å². The highest BCUT2D eigenvalue weighted by Gasteiger charge is 2.30. The van der Waals surface area contributed by atoms with Crippen molar-refractivity contribution in [3.63, 3.8) is 0 Å². The molecule has 0 atom stereocenters. The molecule has 0 saturated heterocycles. The van der Waals surface area contributed by atoms with Gasteiger partial charge in [-0.3, -0.25) is 66.4 Å². The fraction of sp³-hybridized carbons (Fsp3) is 0.315. The average Bonchev–Trinajstić information content (AvgIpc) is 1.56. The van der Waals surface area contributed by atoms with E-state index in [-0.39, 0.29) is 22.2 Å². The molecule has 20 rings (SSSR count). The maximum absolute atomic E-state index is 12.9. The molecule has 15 aromatic rings. The monoisotopic (exact) mass is 1600 g/mol. The number of aromatic nitrogens is 18. The number of nitrogens with zero attached hydrogens (tertiary/aromatic N) is 21. The fourth-order valence-electron chi connectivity index (χ4n) is 16.3. The maximum atomic E-state index is 12.9. The molecule has 14 aromatic heterocycles. The van der Waals surface area contributed by atoms with E-state index in [1.54, 1.807) is 77.5 Å². The van der Waals surface area contributed by atoms with E-state index in [4.69, 9.17) is 24.4 Å². The van der Waals surface area contributed by atoms with Crippen LogP contribution < -0.4 is 37.0 Å². The summed E-state index contributed by atoms with van der Waals surface area (Å²) in [5.41, 5.74) is 23.9. The molecule has 28 nitrogen and oxygen atoms in total. The van der Waals surface area contributed by atoms with Gasteiger partial charge in [-0.1, -0.05) is 31.2 Å². The van der Waals surface area contributed by atoms with Crippen LogP contribution in [0.4, 0.5) is 0 Å². The lowest BCUT2D eigenvalue weighted by molar-refractivity contribution is 0.245. The molecule has 1 aromatic carbocycles. The lowest BCUT2D eigenvalue weighted by Gasteiger charge is -2.29. The number of aryl methyl sites for hydroxylation is 6. The minimum absolute atomic E-state index is 0.0963. The predicted octanol–water partition coefficient (Wildman–Crippen LogP) is 12.5. The third kappa shape index (κ3) is 16.7. The number of hydrogen-bond acceptors (Lipinski definition) is 21. The zero-order valence-electron chi connectivity index (χ0n) is 69.5. The molecular formula is C92H96N22O6. The number of ether oxygens (including phenoxy) is 2. The summed E-state index contributed by atoms with van der Waals surface area (Å²) in [6, 6.07) is 30.7. The molecule has 18 heterocycles. The number of hydrogen-bond donors (Lipinski definition) is 1. The maximum Gasteiger partial charge on any atom is 0.259 e. The minimum atomic E-state index is -0.173. The third-order valence-corrected chi connectivity index (χ3v) is 22.9. The summed E-state index contributed by atoms with van der Waals surface area (Å²) in [4.78, 5) is 95.5. The van der Waals surface area contributed by atoms with Crippen molar-refractivity contribution in [2.45, 2.75) is 119 Å². The Balaban J connectivity index is 0.000000114. The SMILES string of the molecule is CCCN1CC=C(c2ccc3nc(-c4cc5c(C)nc(C)cn5n4)cc(=O)n3c2)CC1.COc1ccc(-c2cc(=O)n3cc(C4=CCNCC4)cnc3n2)cc1OC.Cc1cn2nc(-c3cc(=O)n4cc(C5=CCN(C(C)C)CC5)ccc4n3)cc2c(C)n1.Cc1cn2nc(-c3cc(=O)n4cc(C5=CCN(C6CC6)CC5)ccc4n3)cc2c(C)n1. The van der Waals surface area contributed by atoms with Crippen LogP contribution in [-0.2, 0) is 0 Å². The van der Waals surface area contributed by atoms with Crippen molar-refractivity contribution in [2.24, 2.45) is 0 Å². The highest BCUT2D eigenvalue weighted by molar-refractivity contribution is 5.74. The van der Waals surface area contributed by atoms with Gasteiger partial charge in [0.1, 0.15) is 34.0 Å². The van der Waals surface area contributed by atoms with Crippen molar-refractivity contribution in [3.05, 3.63) is 269 Å². The lowest BCUT2D eigenvalue weighted by atomic mass is 10.0. The molecule has 4 aliphatic heterocycles. The summed E-state index contributed by atoms with van der Waals surface area (Å²) in [5, 5.41) is 17.1. The lowest BCUT2D eigenvalue weighted by Crippen LogP contribution is -2.34. The van der Waals surface area contributed by atoms with Crippen LogP contribution in [0.25, 0.3) is 107 Å².